The monoisotopic (exact) mass is 157 g/mol. The summed E-state index contributed by atoms with van der Waals surface area (Å²) >= 11 is 0. The minimum atomic E-state index is -0.193. The molecule has 0 saturated heterocycles. The van der Waals surface area contributed by atoms with Gasteiger partial charge in [0.05, 0.1) is 0 Å². The summed E-state index contributed by atoms with van der Waals surface area (Å²) < 4.78 is 0. The van der Waals surface area contributed by atoms with Gasteiger partial charge in [-0.25, -0.2) is 5.84 Å². The Morgan fingerprint density at radius 2 is 2.27 bits per heavy atom. The van der Waals surface area contributed by atoms with E-state index in [1.807, 2.05) is 12.3 Å². The Kier molecular flexibility index (Phi) is 4.49. The van der Waals surface area contributed by atoms with E-state index in [1.54, 1.807) is 0 Å². The number of hydrogen-bond donors (Lipinski definition) is 3. The van der Waals surface area contributed by atoms with E-state index in [1.165, 1.54) is 0 Å². The third kappa shape index (κ3) is 4.52. The fourth-order valence-corrected chi connectivity index (χ4v) is 0.605. The minimum Gasteiger partial charge on any atom is -0.324 e. The average molecular weight is 157 g/mol. The first-order valence-electron chi connectivity index (χ1n) is 3.48. The number of nitrogens with two attached hydrogens (primary N) is 2. The quantitative estimate of drug-likeness (QED) is 0.226. The van der Waals surface area contributed by atoms with Crippen LogP contribution < -0.4 is 17.0 Å². The SMILES string of the molecule is C=C(C)C(N)CCC(=O)NN. The predicted octanol–water partition coefficient (Wildman–Crippen LogP) is -0.340. The Morgan fingerprint density at radius 3 is 2.64 bits per heavy atom. The van der Waals surface area contributed by atoms with Crippen molar-refractivity contribution in [1.29, 1.82) is 0 Å². The summed E-state index contributed by atoms with van der Waals surface area (Å²) in [5.41, 5.74) is 8.52. The van der Waals surface area contributed by atoms with E-state index < -0.39 is 0 Å². The van der Waals surface area contributed by atoms with Crippen molar-refractivity contribution in [3.63, 3.8) is 0 Å². The summed E-state index contributed by atoms with van der Waals surface area (Å²) in [6, 6.07) is -0.104. The lowest BCUT2D eigenvalue weighted by Gasteiger charge is -2.09. The van der Waals surface area contributed by atoms with Crippen LogP contribution in [0.3, 0.4) is 0 Å². The van der Waals surface area contributed by atoms with Gasteiger partial charge in [-0.05, 0) is 13.3 Å². The Hall–Kier alpha value is -0.870. The minimum absolute atomic E-state index is 0.104. The van der Waals surface area contributed by atoms with Crippen LogP contribution in [0, 0.1) is 0 Å². The number of amides is 1. The van der Waals surface area contributed by atoms with E-state index in [4.69, 9.17) is 11.6 Å². The standard InChI is InChI=1S/C7H15N3O/c1-5(2)6(8)3-4-7(11)10-9/h6H,1,3-4,8-9H2,2H3,(H,10,11). The fraction of sp³-hybridized carbons (Fsp3) is 0.571. The number of hydrogen-bond acceptors (Lipinski definition) is 3. The Labute approximate surface area is 66.6 Å². The summed E-state index contributed by atoms with van der Waals surface area (Å²) in [6.45, 7) is 5.51. The molecule has 4 heteroatoms. The van der Waals surface area contributed by atoms with Crippen LogP contribution in [0.15, 0.2) is 12.2 Å². The van der Waals surface area contributed by atoms with Crippen LogP contribution in [0.1, 0.15) is 19.8 Å². The molecule has 0 spiro atoms. The van der Waals surface area contributed by atoms with Crippen molar-refractivity contribution in [1.82, 2.24) is 5.43 Å². The molecule has 0 rings (SSSR count). The third-order valence-corrected chi connectivity index (χ3v) is 1.48. The summed E-state index contributed by atoms with van der Waals surface area (Å²) in [6.07, 6.45) is 0.947. The number of nitrogens with one attached hydrogen (secondary N) is 1. The van der Waals surface area contributed by atoms with Crippen molar-refractivity contribution in [2.45, 2.75) is 25.8 Å². The maximum Gasteiger partial charge on any atom is 0.233 e. The van der Waals surface area contributed by atoms with Crippen LogP contribution in [0.25, 0.3) is 0 Å². The lowest BCUT2D eigenvalue weighted by atomic mass is 10.1. The maximum absolute atomic E-state index is 10.6. The van der Waals surface area contributed by atoms with E-state index in [0.717, 1.165) is 5.57 Å². The molecule has 0 saturated carbocycles. The number of hydrazine groups is 1. The molecule has 64 valence electrons. The zero-order chi connectivity index (χ0) is 8.85. The molecule has 0 aliphatic heterocycles. The topological polar surface area (TPSA) is 81.1 Å². The van der Waals surface area contributed by atoms with E-state index in [0.29, 0.717) is 12.8 Å². The lowest BCUT2D eigenvalue weighted by molar-refractivity contribution is -0.121. The van der Waals surface area contributed by atoms with Gasteiger partial charge >= 0.3 is 0 Å². The summed E-state index contributed by atoms with van der Waals surface area (Å²) in [5, 5.41) is 0. The van der Waals surface area contributed by atoms with Crippen molar-refractivity contribution in [3.8, 4) is 0 Å². The molecule has 5 N–H and O–H groups in total. The second kappa shape index (κ2) is 4.87. The number of carbonyl (C=O) groups excluding carboxylic acids is 1. The molecule has 0 heterocycles. The van der Waals surface area contributed by atoms with Gasteiger partial charge in [0, 0.05) is 12.5 Å². The first kappa shape index (κ1) is 10.1. The highest BCUT2D eigenvalue weighted by Crippen LogP contribution is 2.02. The molecule has 4 nitrogen and oxygen atoms in total. The fourth-order valence-electron chi connectivity index (χ4n) is 0.605. The molecule has 0 aliphatic carbocycles. The van der Waals surface area contributed by atoms with Crippen LogP contribution in [0.4, 0.5) is 0 Å². The number of rotatable bonds is 4. The molecule has 0 aromatic rings. The van der Waals surface area contributed by atoms with Gasteiger partial charge in [-0.3, -0.25) is 10.2 Å². The van der Waals surface area contributed by atoms with Crippen LogP contribution in [0.2, 0.25) is 0 Å². The van der Waals surface area contributed by atoms with Crippen molar-refractivity contribution < 1.29 is 4.79 Å². The second-order valence-electron chi connectivity index (χ2n) is 2.56. The molecule has 0 aromatic heterocycles. The molecule has 1 unspecified atom stereocenters. The molecule has 0 fully saturated rings. The van der Waals surface area contributed by atoms with Crippen LogP contribution in [-0.2, 0) is 4.79 Å². The summed E-state index contributed by atoms with van der Waals surface area (Å²) in [5.74, 6) is 4.68. The molecule has 0 radical (unpaired) electrons. The van der Waals surface area contributed by atoms with Crippen molar-refractivity contribution >= 4 is 5.91 Å². The summed E-state index contributed by atoms with van der Waals surface area (Å²) in [7, 11) is 0. The van der Waals surface area contributed by atoms with Gasteiger partial charge in [0.15, 0.2) is 0 Å². The van der Waals surface area contributed by atoms with E-state index in [-0.39, 0.29) is 11.9 Å². The maximum atomic E-state index is 10.6. The zero-order valence-corrected chi connectivity index (χ0v) is 6.76. The number of carbonyl (C=O) groups is 1. The van der Waals surface area contributed by atoms with Gasteiger partial charge in [-0.1, -0.05) is 12.2 Å². The Balaban J connectivity index is 3.54. The first-order chi connectivity index (χ1) is 5.07. The van der Waals surface area contributed by atoms with Crippen LogP contribution in [0.5, 0.6) is 0 Å². The van der Waals surface area contributed by atoms with E-state index in [2.05, 4.69) is 6.58 Å². The molecule has 0 aliphatic rings. The van der Waals surface area contributed by atoms with Gasteiger partial charge < -0.3 is 5.73 Å². The molecule has 0 aromatic carbocycles. The van der Waals surface area contributed by atoms with E-state index in [9.17, 15) is 4.79 Å². The normalized spacial score (nSPS) is 12.3. The van der Waals surface area contributed by atoms with Crippen LogP contribution >= 0.6 is 0 Å². The molecule has 0 bridgehead atoms. The molecule has 1 amide bonds. The molecule has 1 atom stereocenters. The van der Waals surface area contributed by atoms with Gasteiger partial charge in [-0.2, -0.15) is 0 Å². The van der Waals surface area contributed by atoms with Crippen molar-refractivity contribution in [2.75, 3.05) is 0 Å². The van der Waals surface area contributed by atoms with Crippen molar-refractivity contribution in [3.05, 3.63) is 12.2 Å². The van der Waals surface area contributed by atoms with Crippen LogP contribution in [-0.4, -0.2) is 11.9 Å². The second-order valence-corrected chi connectivity index (χ2v) is 2.56. The highest BCUT2D eigenvalue weighted by molar-refractivity contribution is 5.75. The molecular weight excluding hydrogens is 142 g/mol. The molecular formula is C7H15N3O. The Morgan fingerprint density at radius 1 is 1.73 bits per heavy atom. The third-order valence-electron chi connectivity index (χ3n) is 1.48. The van der Waals surface area contributed by atoms with Gasteiger partial charge in [0.25, 0.3) is 0 Å². The molecule has 11 heavy (non-hydrogen) atoms. The zero-order valence-electron chi connectivity index (χ0n) is 6.76. The smallest absolute Gasteiger partial charge is 0.233 e. The van der Waals surface area contributed by atoms with Gasteiger partial charge in [0.2, 0.25) is 5.91 Å². The highest BCUT2D eigenvalue weighted by Gasteiger charge is 2.05. The highest BCUT2D eigenvalue weighted by atomic mass is 16.2. The lowest BCUT2D eigenvalue weighted by Crippen LogP contribution is -2.32. The largest absolute Gasteiger partial charge is 0.324 e. The predicted molar refractivity (Wildman–Crippen MR) is 44.4 cm³/mol. The van der Waals surface area contributed by atoms with E-state index >= 15 is 0 Å². The van der Waals surface area contributed by atoms with Gasteiger partial charge in [0.1, 0.15) is 0 Å². The average Bonchev–Trinajstić information content (AvgIpc) is 1.99. The Bertz CT molecular complexity index is 156. The first-order valence-corrected chi connectivity index (χ1v) is 3.48. The van der Waals surface area contributed by atoms with Crippen molar-refractivity contribution in [2.24, 2.45) is 11.6 Å². The van der Waals surface area contributed by atoms with Gasteiger partial charge in [-0.15, -0.1) is 0 Å². The summed E-state index contributed by atoms with van der Waals surface area (Å²) in [4.78, 5) is 10.6.